The molecule has 0 radical (unpaired) electrons. The van der Waals surface area contributed by atoms with E-state index in [9.17, 15) is 4.79 Å². The van der Waals surface area contributed by atoms with Gasteiger partial charge in [0.2, 0.25) is 5.82 Å². The number of hydrogen-bond acceptors (Lipinski definition) is 5. The molecule has 0 spiro atoms. The highest BCUT2D eigenvalue weighted by atomic mass is 16.2. The van der Waals surface area contributed by atoms with Crippen LogP contribution < -0.4 is 4.90 Å². The van der Waals surface area contributed by atoms with Gasteiger partial charge in [-0.25, -0.2) is 0 Å². The van der Waals surface area contributed by atoms with Gasteiger partial charge in [0.1, 0.15) is 0 Å². The van der Waals surface area contributed by atoms with E-state index in [1.165, 1.54) is 5.69 Å². The van der Waals surface area contributed by atoms with Gasteiger partial charge in [-0.15, -0.1) is 10.2 Å². The first-order valence-electron chi connectivity index (χ1n) is 8.40. The lowest BCUT2D eigenvalue weighted by atomic mass is 10.2. The van der Waals surface area contributed by atoms with Crippen LogP contribution in [0.5, 0.6) is 0 Å². The van der Waals surface area contributed by atoms with Crippen molar-refractivity contribution in [2.24, 2.45) is 0 Å². The van der Waals surface area contributed by atoms with E-state index in [1.807, 2.05) is 48.6 Å². The summed E-state index contributed by atoms with van der Waals surface area (Å²) in [6.07, 6.45) is 5.52. The summed E-state index contributed by atoms with van der Waals surface area (Å²) in [5.74, 6) is 0.316. The highest BCUT2D eigenvalue weighted by Gasteiger charge is 2.26. The first-order chi connectivity index (χ1) is 12.1. The molecule has 1 aliphatic heterocycles. The number of nitrogens with zero attached hydrogens (tertiary/aromatic N) is 6. The Balaban J connectivity index is 1.51. The van der Waals surface area contributed by atoms with Gasteiger partial charge in [-0.1, -0.05) is 6.07 Å². The van der Waals surface area contributed by atoms with Crippen molar-refractivity contribution in [3.05, 3.63) is 53.7 Å². The standard InChI is InChI=1S/C18H20N6O/c1-13-4-3-7-24-16(13)20-21-17(24)18(25)23-10-8-22(9-11-23)15-5-6-19-12-14(15)2/h3-7,12H,8-11H2,1-2H3. The third-order valence-corrected chi connectivity index (χ3v) is 4.72. The van der Waals surface area contributed by atoms with E-state index in [-0.39, 0.29) is 5.91 Å². The third kappa shape index (κ3) is 2.71. The molecule has 0 aromatic carbocycles. The number of fused-ring (bicyclic) bond motifs is 1. The first kappa shape index (κ1) is 15.6. The van der Waals surface area contributed by atoms with Crippen molar-refractivity contribution in [1.82, 2.24) is 24.5 Å². The fourth-order valence-electron chi connectivity index (χ4n) is 3.31. The molecule has 3 aromatic rings. The average Bonchev–Trinajstić information content (AvgIpc) is 3.07. The second-order valence-electron chi connectivity index (χ2n) is 6.35. The topological polar surface area (TPSA) is 66.6 Å². The molecule has 25 heavy (non-hydrogen) atoms. The van der Waals surface area contributed by atoms with Crippen molar-refractivity contribution in [1.29, 1.82) is 0 Å². The summed E-state index contributed by atoms with van der Waals surface area (Å²) in [6, 6.07) is 5.91. The van der Waals surface area contributed by atoms with Crippen molar-refractivity contribution in [2.45, 2.75) is 13.8 Å². The molecule has 1 aliphatic rings. The van der Waals surface area contributed by atoms with Gasteiger partial charge in [-0.2, -0.15) is 0 Å². The smallest absolute Gasteiger partial charge is 0.292 e. The molecule has 1 saturated heterocycles. The van der Waals surface area contributed by atoms with Gasteiger partial charge in [0, 0.05) is 50.5 Å². The fraction of sp³-hybridized carbons (Fsp3) is 0.333. The van der Waals surface area contributed by atoms with Crippen LogP contribution >= 0.6 is 0 Å². The molecule has 0 saturated carbocycles. The Hall–Kier alpha value is -2.96. The Morgan fingerprint density at radius 3 is 2.60 bits per heavy atom. The molecule has 4 heterocycles. The highest BCUT2D eigenvalue weighted by Crippen LogP contribution is 2.20. The molecular formula is C18H20N6O. The Kier molecular flexibility index (Phi) is 3.83. The van der Waals surface area contributed by atoms with Gasteiger partial charge < -0.3 is 9.80 Å². The number of aromatic nitrogens is 4. The Morgan fingerprint density at radius 2 is 1.84 bits per heavy atom. The zero-order valence-corrected chi connectivity index (χ0v) is 14.4. The van der Waals surface area contributed by atoms with Gasteiger partial charge in [-0.05, 0) is 37.1 Å². The number of carbonyl (C=O) groups is 1. The van der Waals surface area contributed by atoms with E-state index in [0.717, 1.165) is 29.9 Å². The van der Waals surface area contributed by atoms with Gasteiger partial charge in [0.05, 0.1) is 0 Å². The van der Waals surface area contributed by atoms with Crippen molar-refractivity contribution < 1.29 is 4.79 Å². The van der Waals surface area contributed by atoms with Crippen LogP contribution in [0.25, 0.3) is 5.65 Å². The number of piperazine rings is 1. The number of aryl methyl sites for hydroxylation is 2. The van der Waals surface area contributed by atoms with E-state index in [0.29, 0.717) is 18.9 Å². The zero-order chi connectivity index (χ0) is 17.4. The zero-order valence-electron chi connectivity index (χ0n) is 14.4. The maximum Gasteiger partial charge on any atom is 0.292 e. The van der Waals surface area contributed by atoms with Gasteiger partial charge in [0.25, 0.3) is 5.91 Å². The van der Waals surface area contributed by atoms with E-state index >= 15 is 0 Å². The molecule has 0 atom stereocenters. The number of carbonyl (C=O) groups excluding carboxylic acids is 1. The molecule has 128 valence electrons. The van der Waals surface area contributed by atoms with E-state index in [2.05, 4.69) is 27.0 Å². The summed E-state index contributed by atoms with van der Waals surface area (Å²) in [5.41, 5.74) is 4.08. The van der Waals surface area contributed by atoms with Crippen LogP contribution in [0, 0.1) is 13.8 Å². The van der Waals surface area contributed by atoms with Crippen LogP contribution in [0.1, 0.15) is 21.7 Å². The fourth-order valence-corrected chi connectivity index (χ4v) is 3.31. The summed E-state index contributed by atoms with van der Waals surface area (Å²) < 4.78 is 1.77. The summed E-state index contributed by atoms with van der Waals surface area (Å²) >= 11 is 0. The van der Waals surface area contributed by atoms with Crippen molar-refractivity contribution in [2.75, 3.05) is 31.1 Å². The van der Waals surface area contributed by atoms with E-state index < -0.39 is 0 Å². The number of pyridine rings is 2. The van der Waals surface area contributed by atoms with Gasteiger partial charge >= 0.3 is 0 Å². The average molecular weight is 336 g/mol. The van der Waals surface area contributed by atoms with Crippen molar-refractivity contribution in [3.8, 4) is 0 Å². The highest BCUT2D eigenvalue weighted by molar-refractivity contribution is 5.91. The molecule has 7 heteroatoms. The number of anilines is 1. The van der Waals surface area contributed by atoms with Crippen LogP contribution in [-0.4, -0.2) is 56.6 Å². The normalized spacial score (nSPS) is 15.0. The monoisotopic (exact) mass is 336 g/mol. The summed E-state index contributed by atoms with van der Waals surface area (Å²) in [5, 5.41) is 8.28. The molecule has 0 N–H and O–H groups in total. The molecule has 1 fully saturated rings. The lowest BCUT2D eigenvalue weighted by Crippen LogP contribution is -2.49. The van der Waals surface area contributed by atoms with Crippen molar-refractivity contribution >= 4 is 17.2 Å². The summed E-state index contributed by atoms with van der Waals surface area (Å²) in [6.45, 7) is 6.96. The summed E-state index contributed by atoms with van der Waals surface area (Å²) in [4.78, 5) is 21.2. The number of hydrogen-bond donors (Lipinski definition) is 0. The predicted octanol–water partition coefficient (Wildman–Crippen LogP) is 1.70. The van der Waals surface area contributed by atoms with Crippen LogP contribution in [0.3, 0.4) is 0 Å². The lowest BCUT2D eigenvalue weighted by Gasteiger charge is -2.36. The second-order valence-corrected chi connectivity index (χ2v) is 6.35. The Bertz CT molecular complexity index is 926. The van der Waals surface area contributed by atoms with Gasteiger partial charge in [-0.3, -0.25) is 14.2 Å². The van der Waals surface area contributed by atoms with Crippen molar-refractivity contribution in [3.63, 3.8) is 0 Å². The van der Waals surface area contributed by atoms with Crippen LogP contribution in [0.4, 0.5) is 5.69 Å². The molecular weight excluding hydrogens is 316 g/mol. The molecule has 3 aromatic heterocycles. The lowest BCUT2D eigenvalue weighted by molar-refractivity contribution is 0.0733. The second kappa shape index (κ2) is 6.16. The Labute approximate surface area is 145 Å². The minimum Gasteiger partial charge on any atom is -0.368 e. The van der Waals surface area contributed by atoms with Crippen LogP contribution in [-0.2, 0) is 0 Å². The first-order valence-corrected chi connectivity index (χ1v) is 8.40. The number of rotatable bonds is 2. The van der Waals surface area contributed by atoms with Gasteiger partial charge in [0.15, 0.2) is 5.65 Å². The minimum atomic E-state index is -0.0656. The van der Waals surface area contributed by atoms with E-state index in [1.54, 1.807) is 4.40 Å². The predicted molar refractivity (Wildman–Crippen MR) is 94.8 cm³/mol. The minimum absolute atomic E-state index is 0.0656. The molecule has 0 aliphatic carbocycles. The van der Waals surface area contributed by atoms with Crippen LogP contribution in [0.15, 0.2) is 36.8 Å². The third-order valence-electron chi connectivity index (χ3n) is 4.72. The molecule has 7 nitrogen and oxygen atoms in total. The quantitative estimate of drug-likeness (QED) is 0.713. The maximum absolute atomic E-state index is 12.9. The molecule has 0 bridgehead atoms. The molecule has 4 rings (SSSR count). The SMILES string of the molecule is Cc1cnccc1N1CCN(C(=O)c2nnc3c(C)cccn23)CC1. The maximum atomic E-state index is 12.9. The molecule has 1 amide bonds. The van der Waals surface area contributed by atoms with Crippen LogP contribution in [0.2, 0.25) is 0 Å². The largest absolute Gasteiger partial charge is 0.368 e. The van der Waals surface area contributed by atoms with E-state index in [4.69, 9.17) is 0 Å². The Morgan fingerprint density at radius 1 is 1.04 bits per heavy atom. The molecule has 0 unspecified atom stereocenters. The number of amides is 1. The summed E-state index contributed by atoms with van der Waals surface area (Å²) in [7, 11) is 0.